The van der Waals surface area contributed by atoms with Gasteiger partial charge in [0.1, 0.15) is 18.1 Å². The standard InChI is InChI=1S/C23H30N6O7/c1-13(23(35)36)27-21(33)17(9-14-5-3-2-4-6-14)29-22(34)18(10-15-11-25-12-26-15)28-20(32)16(24)7-8-19(30)31/h2-6,11-13,16-18H,7-10,24H2,1H3,(H,25,26)(H,27,33)(H,28,32)(H,29,34)(H,30,31)(H,35,36). The Balaban J connectivity index is 2.21. The smallest absolute Gasteiger partial charge is 0.325 e. The predicted molar refractivity (Wildman–Crippen MR) is 126 cm³/mol. The molecule has 1 aromatic heterocycles. The van der Waals surface area contributed by atoms with Gasteiger partial charge >= 0.3 is 11.9 Å². The number of rotatable bonds is 14. The van der Waals surface area contributed by atoms with E-state index in [9.17, 15) is 24.0 Å². The number of hydrogen-bond acceptors (Lipinski definition) is 7. The van der Waals surface area contributed by atoms with Gasteiger partial charge in [-0.3, -0.25) is 24.0 Å². The lowest BCUT2D eigenvalue weighted by molar-refractivity contribution is -0.142. The zero-order chi connectivity index (χ0) is 26.7. The highest BCUT2D eigenvalue weighted by Crippen LogP contribution is 2.07. The SMILES string of the molecule is CC(NC(=O)C(Cc1ccccc1)NC(=O)C(Cc1cnc[nH]1)NC(=O)C(N)CCC(=O)O)C(=O)O. The Morgan fingerprint density at radius 3 is 2.14 bits per heavy atom. The maximum atomic E-state index is 13.2. The lowest BCUT2D eigenvalue weighted by atomic mass is 10.0. The first kappa shape index (κ1) is 28.0. The fraction of sp³-hybridized carbons (Fsp3) is 0.391. The number of nitrogens with two attached hydrogens (primary N) is 1. The van der Waals surface area contributed by atoms with E-state index >= 15 is 0 Å². The zero-order valence-electron chi connectivity index (χ0n) is 19.6. The van der Waals surface area contributed by atoms with Crippen LogP contribution < -0.4 is 21.7 Å². The van der Waals surface area contributed by atoms with Gasteiger partial charge in [-0.05, 0) is 18.9 Å². The van der Waals surface area contributed by atoms with Crippen molar-refractivity contribution in [2.24, 2.45) is 5.73 Å². The van der Waals surface area contributed by atoms with Gasteiger partial charge in [-0.2, -0.15) is 0 Å². The topological polar surface area (TPSA) is 217 Å². The van der Waals surface area contributed by atoms with Crippen molar-refractivity contribution in [2.75, 3.05) is 0 Å². The minimum absolute atomic E-state index is 0.0194. The molecule has 0 saturated carbocycles. The molecular formula is C23H30N6O7. The first-order chi connectivity index (χ1) is 17.1. The highest BCUT2D eigenvalue weighted by Gasteiger charge is 2.30. The van der Waals surface area contributed by atoms with Crippen LogP contribution in [0.3, 0.4) is 0 Å². The molecule has 0 aliphatic heterocycles. The van der Waals surface area contributed by atoms with Crippen molar-refractivity contribution in [2.45, 2.75) is 56.8 Å². The van der Waals surface area contributed by atoms with Crippen molar-refractivity contribution in [1.29, 1.82) is 0 Å². The van der Waals surface area contributed by atoms with Gasteiger partial charge in [0.2, 0.25) is 17.7 Å². The summed E-state index contributed by atoms with van der Waals surface area (Å²) in [7, 11) is 0. The Kier molecular flexibility index (Phi) is 10.6. The van der Waals surface area contributed by atoms with Crippen molar-refractivity contribution in [3.8, 4) is 0 Å². The Labute approximate surface area is 206 Å². The average Bonchev–Trinajstić information content (AvgIpc) is 3.35. The number of benzene rings is 1. The predicted octanol–water partition coefficient (Wildman–Crippen LogP) is -1.05. The summed E-state index contributed by atoms with van der Waals surface area (Å²) in [5, 5.41) is 25.4. The summed E-state index contributed by atoms with van der Waals surface area (Å²) < 4.78 is 0. The summed E-state index contributed by atoms with van der Waals surface area (Å²) in [6.45, 7) is 1.29. The maximum absolute atomic E-state index is 13.2. The van der Waals surface area contributed by atoms with Crippen molar-refractivity contribution in [3.05, 3.63) is 54.1 Å². The average molecular weight is 503 g/mol. The van der Waals surface area contributed by atoms with Crippen LogP contribution in [0.25, 0.3) is 0 Å². The third-order valence-electron chi connectivity index (χ3n) is 5.26. The number of nitrogens with one attached hydrogen (secondary N) is 4. The maximum Gasteiger partial charge on any atom is 0.325 e. The number of aromatic amines is 1. The molecule has 0 aliphatic rings. The number of aliphatic carboxylic acids is 2. The van der Waals surface area contributed by atoms with E-state index < -0.39 is 53.8 Å². The summed E-state index contributed by atoms with van der Waals surface area (Å²) >= 11 is 0. The van der Waals surface area contributed by atoms with Crippen LogP contribution in [0.2, 0.25) is 0 Å². The molecule has 194 valence electrons. The number of nitrogens with zero attached hydrogens (tertiary/aromatic N) is 1. The van der Waals surface area contributed by atoms with E-state index in [0.29, 0.717) is 11.3 Å². The summed E-state index contributed by atoms with van der Waals surface area (Å²) in [6, 6.07) is 4.10. The van der Waals surface area contributed by atoms with Gasteiger partial charge in [-0.25, -0.2) is 4.98 Å². The second-order valence-electron chi connectivity index (χ2n) is 8.20. The second kappa shape index (κ2) is 13.6. The van der Waals surface area contributed by atoms with Gasteiger partial charge in [-0.1, -0.05) is 30.3 Å². The Morgan fingerprint density at radius 2 is 1.56 bits per heavy atom. The third kappa shape index (κ3) is 9.18. The number of carboxylic acid groups (broad SMARTS) is 2. The molecule has 8 N–H and O–H groups in total. The molecule has 1 aromatic carbocycles. The quantitative estimate of drug-likeness (QED) is 0.167. The molecular weight excluding hydrogens is 472 g/mol. The van der Waals surface area contributed by atoms with E-state index in [0.717, 1.165) is 0 Å². The summed E-state index contributed by atoms with van der Waals surface area (Å²) in [5.74, 6) is -4.53. The van der Waals surface area contributed by atoms with Gasteiger partial charge in [0.15, 0.2) is 0 Å². The highest BCUT2D eigenvalue weighted by molar-refractivity contribution is 5.94. The Morgan fingerprint density at radius 1 is 0.944 bits per heavy atom. The molecule has 0 spiro atoms. The third-order valence-corrected chi connectivity index (χ3v) is 5.26. The van der Waals surface area contributed by atoms with Crippen LogP contribution in [0.5, 0.6) is 0 Å². The number of H-pyrrole nitrogens is 1. The van der Waals surface area contributed by atoms with E-state index in [4.69, 9.17) is 15.9 Å². The molecule has 0 saturated heterocycles. The fourth-order valence-electron chi connectivity index (χ4n) is 3.22. The summed E-state index contributed by atoms with van der Waals surface area (Å²) in [6.07, 6.45) is 2.43. The summed E-state index contributed by atoms with van der Waals surface area (Å²) in [4.78, 5) is 67.3. The monoisotopic (exact) mass is 502 g/mol. The van der Waals surface area contributed by atoms with Gasteiger partial charge in [0, 0.05) is 31.2 Å². The molecule has 13 nitrogen and oxygen atoms in total. The second-order valence-corrected chi connectivity index (χ2v) is 8.20. The van der Waals surface area contributed by atoms with E-state index in [-0.39, 0.29) is 25.7 Å². The highest BCUT2D eigenvalue weighted by atomic mass is 16.4. The molecule has 0 aliphatic carbocycles. The molecule has 0 radical (unpaired) electrons. The first-order valence-corrected chi connectivity index (χ1v) is 11.2. The van der Waals surface area contributed by atoms with Crippen molar-refractivity contribution in [1.82, 2.24) is 25.9 Å². The molecule has 4 unspecified atom stereocenters. The van der Waals surface area contributed by atoms with Crippen molar-refractivity contribution in [3.63, 3.8) is 0 Å². The minimum Gasteiger partial charge on any atom is -0.481 e. The van der Waals surface area contributed by atoms with Gasteiger partial charge in [0.25, 0.3) is 0 Å². The lowest BCUT2D eigenvalue weighted by Gasteiger charge is -2.24. The number of carboxylic acids is 2. The number of imidazole rings is 1. The molecule has 2 rings (SSSR count). The first-order valence-electron chi connectivity index (χ1n) is 11.2. The van der Waals surface area contributed by atoms with Crippen LogP contribution in [-0.2, 0) is 36.8 Å². The molecule has 36 heavy (non-hydrogen) atoms. The lowest BCUT2D eigenvalue weighted by Crippen LogP contribution is -2.58. The zero-order valence-corrected chi connectivity index (χ0v) is 19.6. The Bertz CT molecular complexity index is 1040. The number of aromatic nitrogens is 2. The van der Waals surface area contributed by atoms with E-state index in [1.54, 1.807) is 30.3 Å². The van der Waals surface area contributed by atoms with Crippen LogP contribution in [0.4, 0.5) is 0 Å². The van der Waals surface area contributed by atoms with Crippen LogP contribution in [0.1, 0.15) is 31.0 Å². The normalized spacial score (nSPS) is 14.1. The van der Waals surface area contributed by atoms with E-state index in [1.165, 1.54) is 19.4 Å². The minimum atomic E-state index is -1.24. The fourth-order valence-corrected chi connectivity index (χ4v) is 3.22. The molecule has 13 heteroatoms. The van der Waals surface area contributed by atoms with Crippen LogP contribution in [0.15, 0.2) is 42.9 Å². The molecule has 0 bridgehead atoms. The van der Waals surface area contributed by atoms with Gasteiger partial charge < -0.3 is 36.9 Å². The summed E-state index contributed by atoms with van der Waals surface area (Å²) in [5.41, 5.74) is 7.00. The number of carbonyl (C=O) groups is 5. The van der Waals surface area contributed by atoms with Crippen LogP contribution in [0, 0.1) is 0 Å². The van der Waals surface area contributed by atoms with Gasteiger partial charge in [-0.15, -0.1) is 0 Å². The van der Waals surface area contributed by atoms with Crippen LogP contribution >= 0.6 is 0 Å². The molecule has 3 amide bonds. The van der Waals surface area contributed by atoms with E-state index in [1.807, 2.05) is 0 Å². The van der Waals surface area contributed by atoms with E-state index in [2.05, 4.69) is 25.9 Å². The van der Waals surface area contributed by atoms with Crippen LogP contribution in [-0.4, -0.2) is 74.0 Å². The number of hydrogen-bond donors (Lipinski definition) is 7. The van der Waals surface area contributed by atoms with Crippen molar-refractivity contribution >= 4 is 29.7 Å². The largest absolute Gasteiger partial charge is 0.481 e. The van der Waals surface area contributed by atoms with Gasteiger partial charge in [0.05, 0.1) is 12.4 Å². The molecule has 1 heterocycles. The molecule has 0 fully saturated rings. The molecule has 4 atom stereocenters. The number of amides is 3. The van der Waals surface area contributed by atoms with Crippen molar-refractivity contribution < 1.29 is 34.2 Å². The molecule has 2 aromatic rings. The number of carbonyl (C=O) groups excluding carboxylic acids is 3. The Hall–Kier alpha value is -4.26.